The van der Waals surface area contributed by atoms with Crippen LogP contribution in [0.25, 0.3) is 10.9 Å². The van der Waals surface area contributed by atoms with Crippen LogP contribution in [-0.4, -0.2) is 39.2 Å². The van der Waals surface area contributed by atoms with E-state index < -0.39 is 0 Å². The fourth-order valence-corrected chi connectivity index (χ4v) is 3.37. The average Bonchev–Trinajstić information content (AvgIpc) is 3.10. The number of carbonyl (C=O) groups is 1. The predicted molar refractivity (Wildman–Crippen MR) is 101 cm³/mol. The minimum Gasteiger partial charge on any atom is -0.358 e. The summed E-state index contributed by atoms with van der Waals surface area (Å²) in [5.41, 5.74) is 6.93. The number of carbonyl (C=O) groups excluding carboxylic acids is 1. The number of benzene rings is 1. The van der Waals surface area contributed by atoms with Crippen LogP contribution < -0.4 is 0 Å². The van der Waals surface area contributed by atoms with Crippen molar-refractivity contribution in [1.29, 1.82) is 0 Å². The summed E-state index contributed by atoms with van der Waals surface area (Å²) in [6.45, 7) is 6.95. The lowest BCUT2D eigenvalue weighted by Crippen LogP contribution is -2.30. The van der Waals surface area contributed by atoms with Crippen molar-refractivity contribution in [2.24, 2.45) is 7.05 Å². The monoisotopic (exact) mass is 338 g/mol. The normalized spacial score (nSPS) is 11.2. The Morgan fingerprint density at radius 2 is 2.04 bits per heavy atom. The highest BCUT2D eigenvalue weighted by atomic mass is 16.2. The molecule has 0 fully saturated rings. The molecule has 2 aromatic heterocycles. The number of amides is 1. The summed E-state index contributed by atoms with van der Waals surface area (Å²) in [6.07, 6.45) is 5.10. The molecule has 0 bridgehead atoms. The molecular formula is C20H26N4O. The van der Waals surface area contributed by atoms with Crippen molar-refractivity contribution < 1.29 is 4.79 Å². The molecule has 0 radical (unpaired) electrons. The van der Waals surface area contributed by atoms with Gasteiger partial charge in [-0.1, -0.05) is 11.6 Å². The first-order valence-electron chi connectivity index (χ1n) is 8.65. The molecule has 5 heteroatoms. The molecular weight excluding hydrogens is 312 g/mol. The number of rotatable bonds is 5. The fraction of sp³-hybridized carbons (Fsp3) is 0.400. The zero-order valence-corrected chi connectivity index (χ0v) is 15.7. The van der Waals surface area contributed by atoms with E-state index in [1.807, 2.05) is 38.3 Å². The third-order valence-electron chi connectivity index (χ3n) is 4.82. The lowest BCUT2D eigenvalue weighted by molar-refractivity contribution is -0.129. The van der Waals surface area contributed by atoms with Gasteiger partial charge < -0.3 is 9.88 Å². The zero-order chi connectivity index (χ0) is 18.1. The largest absolute Gasteiger partial charge is 0.358 e. The number of H-pyrrole nitrogens is 1. The van der Waals surface area contributed by atoms with E-state index in [2.05, 4.69) is 36.1 Å². The highest BCUT2D eigenvalue weighted by Gasteiger charge is 2.16. The van der Waals surface area contributed by atoms with Gasteiger partial charge in [-0.3, -0.25) is 9.48 Å². The van der Waals surface area contributed by atoms with Gasteiger partial charge in [-0.2, -0.15) is 5.10 Å². The van der Waals surface area contributed by atoms with Crippen molar-refractivity contribution in [2.45, 2.75) is 33.6 Å². The molecule has 0 saturated heterocycles. The molecule has 1 amide bonds. The Bertz CT molecular complexity index is 919. The molecule has 0 unspecified atom stereocenters. The maximum atomic E-state index is 12.7. The molecule has 2 heterocycles. The standard InChI is InChI=1S/C20H26N4O/c1-13-8-14(2)20-18(9-13)17(15(3)22-20)10-19(25)23(4)7-6-16-11-21-24(5)12-16/h8-9,11-12,22H,6-7,10H2,1-5H3. The average molecular weight is 338 g/mol. The van der Waals surface area contributed by atoms with E-state index in [4.69, 9.17) is 0 Å². The number of aromatic nitrogens is 3. The van der Waals surface area contributed by atoms with Gasteiger partial charge >= 0.3 is 0 Å². The summed E-state index contributed by atoms with van der Waals surface area (Å²) >= 11 is 0. The minimum absolute atomic E-state index is 0.145. The van der Waals surface area contributed by atoms with Gasteiger partial charge in [-0.15, -0.1) is 0 Å². The zero-order valence-electron chi connectivity index (χ0n) is 15.7. The molecule has 3 aromatic rings. The molecule has 5 nitrogen and oxygen atoms in total. The topological polar surface area (TPSA) is 53.9 Å². The number of hydrogen-bond donors (Lipinski definition) is 1. The molecule has 1 N–H and O–H groups in total. The highest BCUT2D eigenvalue weighted by molar-refractivity contribution is 5.92. The second kappa shape index (κ2) is 6.75. The van der Waals surface area contributed by atoms with Crippen molar-refractivity contribution in [3.63, 3.8) is 0 Å². The number of aromatic amines is 1. The molecule has 25 heavy (non-hydrogen) atoms. The van der Waals surface area contributed by atoms with Crippen LogP contribution >= 0.6 is 0 Å². The molecule has 132 valence electrons. The summed E-state index contributed by atoms with van der Waals surface area (Å²) in [5, 5.41) is 5.34. The Balaban J connectivity index is 1.74. The smallest absolute Gasteiger partial charge is 0.226 e. The quantitative estimate of drug-likeness (QED) is 0.777. The van der Waals surface area contributed by atoms with Crippen LogP contribution in [0.5, 0.6) is 0 Å². The number of hydrogen-bond acceptors (Lipinski definition) is 2. The second-order valence-corrected chi connectivity index (χ2v) is 7.00. The van der Waals surface area contributed by atoms with E-state index in [1.54, 1.807) is 4.68 Å². The molecule has 0 aliphatic carbocycles. The Kier molecular flexibility index (Phi) is 4.66. The maximum absolute atomic E-state index is 12.7. The lowest BCUT2D eigenvalue weighted by atomic mass is 10.0. The van der Waals surface area contributed by atoms with E-state index in [0.717, 1.165) is 28.8 Å². The first-order chi connectivity index (χ1) is 11.8. The van der Waals surface area contributed by atoms with Crippen LogP contribution in [0.3, 0.4) is 0 Å². The van der Waals surface area contributed by atoms with Crippen molar-refractivity contribution in [1.82, 2.24) is 19.7 Å². The summed E-state index contributed by atoms with van der Waals surface area (Å²) in [6, 6.07) is 4.34. The van der Waals surface area contributed by atoms with Crippen molar-refractivity contribution in [2.75, 3.05) is 13.6 Å². The van der Waals surface area contributed by atoms with Crippen LogP contribution in [0.15, 0.2) is 24.5 Å². The van der Waals surface area contributed by atoms with E-state index in [9.17, 15) is 4.79 Å². The van der Waals surface area contributed by atoms with E-state index in [0.29, 0.717) is 13.0 Å². The van der Waals surface area contributed by atoms with Crippen molar-refractivity contribution >= 4 is 16.8 Å². The molecule has 1 aromatic carbocycles. The predicted octanol–water partition coefficient (Wildman–Crippen LogP) is 3.07. The van der Waals surface area contributed by atoms with Gasteiger partial charge in [0.25, 0.3) is 0 Å². The Hall–Kier alpha value is -2.56. The van der Waals surface area contributed by atoms with Gasteiger partial charge in [0.1, 0.15) is 0 Å². The van der Waals surface area contributed by atoms with E-state index in [1.165, 1.54) is 16.5 Å². The number of nitrogens with one attached hydrogen (secondary N) is 1. The SMILES string of the molecule is Cc1cc(C)c2[nH]c(C)c(CC(=O)N(C)CCc3cnn(C)c3)c2c1. The molecule has 0 aliphatic rings. The number of aryl methyl sites for hydroxylation is 4. The van der Waals surface area contributed by atoms with Crippen LogP contribution in [0.1, 0.15) is 27.9 Å². The first-order valence-corrected chi connectivity index (χ1v) is 8.65. The summed E-state index contributed by atoms with van der Waals surface area (Å²) in [7, 11) is 3.78. The molecule has 0 aliphatic heterocycles. The van der Waals surface area contributed by atoms with Crippen LogP contribution in [-0.2, 0) is 24.7 Å². The summed E-state index contributed by atoms with van der Waals surface area (Å²) < 4.78 is 1.79. The van der Waals surface area contributed by atoms with E-state index in [-0.39, 0.29) is 5.91 Å². The van der Waals surface area contributed by atoms with Crippen LogP contribution in [0, 0.1) is 20.8 Å². The van der Waals surface area contributed by atoms with E-state index >= 15 is 0 Å². The molecule has 0 spiro atoms. The van der Waals surface area contributed by atoms with Crippen molar-refractivity contribution in [3.8, 4) is 0 Å². The van der Waals surface area contributed by atoms with Crippen LogP contribution in [0.2, 0.25) is 0 Å². The maximum Gasteiger partial charge on any atom is 0.226 e. The van der Waals surface area contributed by atoms with Gasteiger partial charge in [0.2, 0.25) is 5.91 Å². The Labute approximate surface area is 148 Å². The lowest BCUT2D eigenvalue weighted by Gasteiger charge is -2.17. The molecule has 0 atom stereocenters. The first kappa shape index (κ1) is 17.3. The highest BCUT2D eigenvalue weighted by Crippen LogP contribution is 2.27. The summed E-state index contributed by atoms with van der Waals surface area (Å²) in [4.78, 5) is 18.0. The van der Waals surface area contributed by atoms with Crippen molar-refractivity contribution in [3.05, 3.63) is 52.5 Å². The third kappa shape index (κ3) is 3.60. The number of fused-ring (bicyclic) bond motifs is 1. The van der Waals surface area contributed by atoms with Crippen LogP contribution in [0.4, 0.5) is 0 Å². The third-order valence-corrected chi connectivity index (χ3v) is 4.82. The number of nitrogens with zero attached hydrogens (tertiary/aromatic N) is 3. The Morgan fingerprint density at radius 3 is 2.72 bits per heavy atom. The summed E-state index contributed by atoms with van der Waals surface area (Å²) in [5.74, 6) is 0.145. The molecule has 0 saturated carbocycles. The van der Waals surface area contributed by atoms with Gasteiger partial charge in [0.05, 0.1) is 12.6 Å². The second-order valence-electron chi connectivity index (χ2n) is 7.00. The molecule has 3 rings (SSSR count). The van der Waals surface area contributed by atoms with Gasteiger partial charge in [-0.05, 0) is 49.9 Å². The minimum atomic E-state index is 0.145. The van der Waals surface area contributed by atoms with Gasteiger partial charge in [0.15, 0.2) is 0 Å². The fourth-order valence-electron chi connectivity index (χ4n) is 3.37. The Morgan fingerprint density at radius 1 is 1.28 bits per heavy atom. The van der Waals surface area contributed by atoms with Gasteiger partial charge in [-0.25, -0.2) is 0 Å². The van der Waals surface area contributed by atoms with Gasteiger partial charge in [0, 0.05) is 43.4 Å². The number of likely N-dealkylation sites (N-methyl/N-ethyl adjacent to an activating group) is 1.